The second-order valence-electron chi connectivity index (χ2n) is 10.6. The van der Waals surface area contributed by atoms with E-state index in [0.717, 1.165) is 22.3 Å². The van der Waals surface area contributed by atoms with Crippen LogP contribution in [0.1, 0.15) is 41.2 Å². The van der Waals surface area contributed by atoms with Crippen LogP contribution in [-0.4, -0.2) is 34.3 Å². The lowest BCUT2D eigenvalue weighted by molar-refractivity contribution is 0.0697. The fourth-order valence-corrected chi connectivity index (χ4v) is 5.68. The Balaban J connectivity index is 1.42. The van der Waals surface area contributed by atoms with Crippen LogP contribution >= 0.6 is 23.2 Å². The van der Waals surface area contributed by atoms with E-state index in [2.05, 4.69) is 4.72 Å². The van der Waals surface area contributed by atoms with E-state index >= 15 is 0 Å². The number of hydrogen-bond donors (Lipinski definition) is 2. The highest BCUT2D eigenvalue weighted by Gasteiger charge is 2.18. The highest BCUT2D eigenvalue weighted by molar-refractivity contribution is 7.93. The van der Waals surface area contributed by atoms with Crippen LogP contribution in [0.5, 0.6) is 0 Å². The summed E-state index contributed by atoms with van der Waals surface area (Å²) in [5.41, 5.74) is 4.66. The number of imidazole rings is 1. The first-order chi connectivity index (χ1) is 21.4. The second kappa shape index (κ2) is 13.3. The molecule has 0 saturated heterocycles. The maximum atomic E-state index is 14.4. The van der Waals surface area contributed by atoms with E-state index in [1.807, 2.05) is 47.2 Å². The van der Waals surface area contributed by atoms with Gasteiger partial charge in [0.15, 0.2) is 0 Å². The molecule has 4 aromatic carbocycles. The Morgan fingerprint density at radius 3 is 2.29 bits per heavy atom. The van der Waals surface area contributed by atoms with Gasteiger partial charge in [0.1, 0.15) is 11.6 Å². The molecule has 0 aliphatic rings. The number of sulfonamides is 1. The molecule has 5 aromatic rings. The molecule has 230 valence electrons. The molecule has 7 nitrogen and oxygen atoms in total. The van der Waals surface area contributed by atoms with Gasteiger partial charge in [0, 0.05) is 23.3 Å². The van der Waals surface area contributed by atoms with Gasteiger partial charge in [-0.05, 0) is 84.6 Å². The largest absolute Gasteiger partial charge is 0.478 e. The minimum atomic E-state index is -3.71. The number of carboxylic acid groups (broad SMARTS) is 1. The first-order valence-corrected chi connectivity index (χ1v) is 16.1. The average molecular weight is 665 g/mol. The zero-order valence-electron chi connectivity index (χ0n) is 24.2. The summed E-state index contributed by atoms with van der Waals surface area (Å²) < 4.78 is 43.2. The van der Waals surface area contributed by atoms with Crippen LogP contribution in [-0.2, 0) is 16.6 Å². The predicted molar refractivity (Wildman–Crippen MR) is 179 cm³/mol. The van der Waals surface area contributed by atoms with E-state index in [1.165, 1.54) is 26.0 Å². The van der Waals surface area contributed by atoms with E-state index in [1.54, 1.807) is 48.5 Å². The summed E-state index contributed by atoms with van der Waals surface area (Å²) in [5, 5.41) is 9.51. The molecule has 0 unspecified atom stereocenters. The number of nitrogens with one attached hydrogen (secondary N) is 1. The number of nitrogens with zero attached hydrogens (tertiary/aromatic N) is 2. The van der Waals surface area contributed by atoms with E-state index in [-0.39, 0.29) is 11.3 Å². The number of benzene rings is 4. The number of carboxylic acids is 1. The second-order valence-corrected chi connectivity index (χ2v) is 13.7. The van der Waals surface area contributed by atoms with E-state index in [0.29, 0.717) is 33.7 Å². The van der Waals surface area contributed by atoms with Gasteiger partial charge in [-0.25, -0.2) is 22.6 Å². The molecule has 0 bridgehead atoms. The third kappa shape index (κ3) is 7.62. The Bertz CT molecular complexity index is 2010. The molecule has 0 fully saturated rings. The summed E-state index contributed by atoms with van der Waals surface area (Å²) in [4.78, 5) is 16.1. The molecule has 1 aromatic heterocycles. The molecule has 0 atom stereocenters. The van der Waals surface area contributed by atoms with Crippen LogP contribution in [0.15, 0.2) is 91.1 Å². The Labute approximate surface area is 270 Å². The van der Waals surface area contributed by atoms with Gasteiger partial charge in [-0.3, -0.25) is 4.72 Å². The van der Waals surface area contributed by atoms with Gasteiger partial charge < -0.3 is 9.67 Å². The van der Waals surface area contributed by atoms with Gasteiger partial charge in [0.25, 0.3) is 0 Å². The van der Waals surface area contributed by atoms with Crippen LogP contribution in [0, 0.1) is 5.82 Å². The standard InChI is InChI=1S/C34H28Cl2FN3O4S/c1-21(2)45(43,44)39-31-17-26(12-15-30(31)37)24-8-3-22(4-9-24)7-16-33-38-32(28-14-13-27(35)18-29(28)36)20-40(33)19-23-5-10-25(11-6-23)34(41)42/h3-18,20-21,39H,19H2,1-2H3,(H,41,42). The van der Waals surface area contributed by atoms with E-state index in [4.69, 9.17) is 28.2 Å². The number of carbonyl (C=O) groups is 1. The average Bonchev–Trinajstić information content (AvgIpc) is 3.39. The zero-order valence-corrected chi connectivity index (χ0v) is 26.5. The molecule has 2 N–H and O–H groups in total. The van der Waals surface area contributed by atoms with Crippen LogP contribution < -0.4 is 4.72 Å². The molecule has 0 amide bonds. The topological polar surface area (TPSA) is 101 Å². The molecule has 0 aliphatic heterocycles. The molecular formula is C34H28Cl2FN3O4S. The third-order valence-corrected chi connectivity index (χ3v) is 9.37. The summed E-state index contributed by atoms with van der Waals surface area (Å²) >= 11 is 12.6. The molecule has 0 saturated carbocycles. The van der Waals surface area contributed by atoms with Crippen molar-refractivity contribution in [3.63, 3.8) is 0 Å². The third-order valence-electron chi connectivity index (χ3n) is 7.08. The molecule has 0 aliphatic carbocycles. The van der Waals surface area contributed by atoms with Crippen molar-refractivity contribution >= 4 is 57.0 Å². The lowest BCUT2D eigenvalue weighted by Gasteiger charge is -2.13. The molecular weight excluding hydrogens is 636 g/mol. The van der Waals surface area contributed by atoms with Crippen LogP contribution in [0.4, 0.5) is 10.1 Å². The van der Waals surface area contributed by atoms with Gasteiger partial charge in [-0.2, -0.15) is 0 Å². The molecule has 0 radical (unpaired) electrons. The van der Waals surface area contributed by atoms with Crippen molar-refractivity contribution in [1.29, 1.82) is 0 Å². The molecule has 0 spiro atoms. The summed E-state index contributed by atoms with van der Waals surface area (Å²) in [6, 6.07) is 23.7. The molecule has 11 heteroatoms. The fraction of sp³-hybridized carbons (Fsp3) is 0.118. The lowest BCUT2D eigenvalue weighted by Crippen LogP contribution is -2.23. The zero-order chi connectivity index (χ0) is 32.3. The van der Waals surface area contributed by atoms with Gasteiger partial charge in [-0.1, -0.05) is 71.7 Å². The van der Waals surface area contributed by atoms with Crippen molar-refractivity contribution < 1.29 is 22.7 Å². The monoisotopic (exact) mass is 663 g/mol. The Morgan fingerprint density at radius 2 is 1.64 bits per heavy atom. The van der Waals surface area contributed by atoms with Crippen molar-refractivity contribution in [2.45, 2.75) is 25.6 Å². The van der Waals surface area contributed by atoms with Crippen molar-refractivity contribution in [2.75, 3.05) is 4.72 Å². The van der Waals surface area contributed by atoms with Crippen molar-refractivity contribution in [2.24, 2.45) is 0 Å². The van der Waals surface area contributed by atoms with Crippen molar-refractivity contribution in [3.8, 4) is 22.4 Å². The quantitative estimate of drug-likeness (QED) is 0.156. The number of halogens is 3. The number of aromatic carboxylic acids is 1. The van der Waals surface area contributed by atoms with Crippen LogP contribution in [0.25, 0.3) is 34.5 Å². The summed E-state index contributed by atoms with van der Waals surface area (Å²) in [6.07, 6.45) is 5.64. The maximum absolute atomic E-state index is 14.4. The van der Waals surface area contributed by atoms with Crippen LogP contribution in [0.2, 0.25) is 10.0 Å². The highest BCUT2D eigenvalue weighted by Crippen LogP contribution is 2.31. The van der Waals surface area contributed by atoms with E-state index < -0.39 is 27.1 Å². The first-order valence-electron chi connectivity index (χ1n) is 13.8. The molecule has 1 heterocycles. The van der Waals surface area contributed by atoms with E-state index in [9.17, 15) is 22.7 Å². The van der Waals surface area contributed by atoms with Crippen LogP contribution in [0.3, 0.4) is 0 Å². The van der Waals surface area contributed by atoms with Gasteiger partial charge >= 0.3 is 5.97 Å². The number of rotatable bonds is 10. The molecule has 5 rings (SSSR count). The maximum Gasteiger partial charge on any atom is 0.335 e. The Kier molecular flexibility index (Phi) is 9.43. The summed E-state index contributed by atoms with van der Waals surface area (Å²) in [5.74, 6) is -1.01. The Morgan fingerprint density at radius 1 is 0.956 bits per heavy atom. The normalized spacial score (nSPS) is 11.8. The van der Waals surface area contributed by atoms with Crippen molar-refractivity contribution in [3.05, 3.63) is 130 Å². The first kappa shape index (κ1) is 32.0. The SMILES string of the molecule is CC(C)S(=O)(=O)Nc1cc(-c2ccc(C=Cc3nc(-c4ccc(Cl)cc4Cl)cn3Cc3ccc(C(=O)O)cc3)cc2)ccc1F. The minimum absolute atomic E-state index is 0.105. The highest BCUT2D eigenvalue weighted by atomic mass is 35.5. The number of anilines is 1. The molecule has 45 heavy (non-hydrogen) atoms. The Hall–Kier alpha value is -4.44. The minimum Gasteiger partial charge on any atom is -0.478 e. The smallest absolute Gasteiger partial charge is 0.335 e. The van der Waals surface area contributed by atoms with Crippen molar-refractivity contribution in [1.82, 2.24) is 9.55 Å². The van der Waals surface area contributed by atoms with Gasteiger partial charge in [0.05, 0.1) is 27.2 Å². The fourth-order valence-electron chi connectivity index (χ4n) is 4.48. The van der Waals surface area contributed by atoms with Gasteiger partial charge in [-0.15, -0.1) is 0 Å². The lowest BCUT2D eigenvalue weighted by atomic mass is 10.0. The summed E-state index contributed by atoms with van der Waals surface area (Å²) in [7, 11) is -3.71. The van der Waals surface area contributed by atoms with Gasteiger partial charge in [0.2, 0.25) is 10.0 Å². The number of hydrogen-bond acceptors (Lipinski definition) is 4. The summed E-state index contributed by atoms with van der Waals surface area (Å²) in [6.45, 7) is 3.48. The predicted octanol–water partition coefficient (Wildman–Crippen LogP) is 8.73. The number of aromatic nitrogens is 2.